The number of allylic oxidation sites excluding steroid dienone is 2. The summed E-state index contributed by atoms with van der Waals surface area (Å²) in [6, 6.07) is 38.2. The molecule has 9 fully saturated rings. The van der Waals surface area contributed by atoms with Gasteiger partial charge < -0.3 is 24.5 Å². The number of likely N-dealkylation sites (tertiary alicyclic amines) is 1. The minimum absolute atomic E-state index is 0.0885. The Labute approximate surface area is 638 Å². The van der Waals surface area contributed by atoms with Crippen molar-refractivity contribution in [2.75, 3.05) is 144 Å². The molecular formula is C94H143F2N9. The van der Waals surface area contributed by atoms with Crippen LogP contribution in [0.4, 0.5) is 31.5 Å². The summed E-state index contributed by atoms with van der Waals surface area (Å²) in [4.78, 5) is 23.1. The number of aryl methyl sites for hydroxylation is 6. The quantitative estimate of drug-likeness (QED) is 0.0845. The lowest BCUT2D eigenvalue weighted by molar-refractivity contribution is 0.128. The van der Waals surface area contributed by atoms with Crippen molar-refractivity contribution in [1.29, 1.82) is 0 Å². The molecule has 5 aromatic carbocycles. The highest BCUT2D eigenvalue weighted by molar-refractivity contribution is 5.56. The first-order valence-electron chi connectivity index (χ1n) is 43.2. The van der Waals surface area contributed by atoms with E-state index in [0.717, 1.165) is 117 Å². The highest BCUT2D eigenvalue weighted by atomic mass is 19.1. The second kappa shape index (κ2) is 41.5. The molecule has 1 unspecified atom stereocenters. The predicted molar refractivity (Wildman–Crippen MR) is 446 cm³/mol. The van der Waals surface area contributed by atoms with Crippen LogP contribution in [0.1, 0.15) is 226 Å². The third-order valence-corrected chi connectivity index (χ3v) is 27.1. The Kier molecular flexibility index (Phi) is 31.9. The largest absolute Gasteiger partial charge is 0.369 e. The van der Waals surface area contributed by atoms with Gasteiger partial charge in [0.2, 0.25) is 0 Å². The van der Waals surface area contributed by atoms with Gasteiger partial charge in [-0.2, -0.15) is 0 Å². The monoisotopic (exact) mass is 1440 g/mol. The minimum atomic E-state index is -0.0903. The van der Waals surface area contributed by atoms with Gasteiger partial charge in [0.1, 0.15) is 11.6 Å². The fourth-order valence-electron chi connectivity index (χ4n) is 19.9. The molecule has 0 spiro atoms. The van der Waals surface area contributed by atoms with Gasteiger partial charge >= 0.3 is 0 Å². The molecule has 5 aromatic rings. The van der Waals surface area contributed by atoms with E-state index in [4.69, 9.17) is 0 Å². The number of benzene rings is 5. The average molecular weight is 1440 g/mol. The molecule has 4 saturated carbocycles. The van der Waals surface area contributed by atoms with Gasteiger partial charge in [-0.05, 0) is 276 Å². The van der Waals surface area contributed by atoms with Crippen LogP contribution in [0.25, 0.3) is 0 Å². The Bertz CT molecular complexity index is 3330. The average Bonchev–Trinajstić information content (AvgIpc) is 1.34. The molecule has 0 aromatic heterocycles. The summed E-state index contributed by atoms with van der Waals surface area (Å²) in [7, 11) is 0. The normalized spacial score (nSPS) is 26.0. The minimum Gasteiger partial charge on any atom is -0.369 e. The summed E-state index contributed by atoms with van der Waals surface area (Å²) in [6.07, 6.45) is 39.5. The Morgan fingerprint density at radius 3 is 1.10 bits per heavy atom. The lowest BCUT2D eigenvalue weighted by atomic mass is 9.84. The van der Waals surface area contributed by atoms with E-state index in [0.29, 0.717) is 0 Å². The van der Waals surface area contributed by atoms with Crippen LogP contribution in [0.2, 0.25) is 0 Å². The van der Waals surface area contributed by atoms with E-state index in [1.165, 1.54) is 277 Å². The lowest BCUT2D eigenvalue weighted by Crippen LogP contribution is -2.51. The topological polar surface area (TPSA) is 29.2 Å². The van der Waals surface area contributed by atoms with Gasteiger partial charge in [-0.25, -0.2) is 8.78 Å². The fourth-order valence-corrected chi connectivity index (χ4v) is 19.9. The van der Waals surface area contributed by atoms with Gasteiger partial charge in [0, 0.05) is 147 Å². The van der Waals surface area contributed by atoms with Gasteiger partial charge in [0.15, 0.2) is 0 Å². The van der Waals surface area contributed by atoms with Crippen LogP contribution in [0.15, 0.2) is 115 Å². The SMILES string of the molecule is CC1CCC(N2CCN(c3ccccc3F)CC2)CC1.CCC1CCC(N2CCN(c3cc(C)ccc3C)CC2)CC1.CCC1CCC(N2CCN(c3ccccc3F)CC2)CC1.Cc1ccc(C)c(C2CCN(CC3CC=CCC3)CC2)c1.Cc1ccc(C)c(N2CCN(C3CCCCCC3)CC2)c1. The van der Waals surface area contributed by atoms with Crippen molar-refractivity contribution >= 4 is 22.7 Å². The Morgan fingerprint density at radius 1 is 0.333 bits per heavy atom. The van der Waals surface area contributed by atoms with Gasteiger partial charge in [-0.3, -0.25) is 19.6 Å². The molecule has 10 aliphatic rings. The van der Waals surface area contributed by atoms with Crippen LogP contribution < -0.4 is 19.6 Å². The maximum Gasteiger partial charge on any atom is 0.146 e. The summed E-state index contributed by atoms with van der Waals surface area (Å²) in [5.41, 5.74) is 14.5. The molecule has 9 nitrogen and oxygen atoms in total. The summed E-state index contributed by atoms with van der Waals surface area (Å²) < 4.78 is 27.7. The second-order valence-corrected chi connectivity index (χ2v) is 34.4. The fraction of sp³-hybridized carbons (Fsp3) is 0.660. The maximum atomic E-state index is 13.9. The zero-order valence-electron chi connectivity index (χ0n) is 67.6. The van der Waals surface area contributed by atoms with Crippen LogP contribution in [0.5, 0.6) is 0 Å². The van der Waals surface area contributed by atoms with Crippen LogP contribution >= 0.6 is 0 Å². The first-order valence-corrected chi connectivity index (χ1v) is 43.2. The van der Waals surface area contributed by atoms with E-state index < -0.39 is 0 Å². The lowest BCUT2D eigenvalue weighted by Gasteiger charge is -2.43. The molecule has 0 bridgehead atoms. The van der Waals surface area contributed by atoms with E-state index in [1.54, 1.807) is 29.8 Å². The van der Waals surface area contributed by atoms with E-state index in [1.807, 2.05) is 24.3 Å². The molecule has 105 heavy (non-hydrogen) atoms. The van der Waals surface area contributed by atoms with Gasteiger partial charge in [0.25, 0.3) is 0 Å². The Hall–Kier alpha value is -5.30. The van der Waals surface area contributed by atoms with Gasteiger partial charge in [-0.15, -0.1) is 0 Å². The van der Waals surface area contributed by atoms with E-state index in [-0.39, 0.29) is 11.6 Å². The number of para-hydroxylation sites is 2. The number of piperazine rings is 4. The third-order valence-electron chi connectivity index (χ3n) is 27.1. The van der Waals surface area contributed by atoms with Crippen LogP contribution in [0, 0.1) is 76.8 Å². The molecule has 11 heteroatoms. The highest BCUT2D eigenvalue weighted by Gasteiger charge is 2.33. The van der Waals surface area contributed by atoms with Crippen LogP contribution in [0.3, 0.4) is 0 Å². The molecule has 0 N–H and O–H groups in total. The van der Waals surface area contributed by atoms with Crippen molar-refractivity contribution in [3.8, 4) is 0 Å². The van der Waals surface area contributed by atoms with Crippen molar-refractivity contribution in [2.45, 2.75) is 253 Å². The van der Waals surface area contributed by atoms with Crippen molar-refractivity contribution in [2.24, 2.45) is 23.7 Å². The first-order chi connectivity index (χ1) is 51.1. The van der Waals surface area contributed by atoms with Gasteiger partial charge in [-0.1, -0.05) is 144 Å². The molecule has 5 heterocycles. The number of halogens is 2. The van der Waals surface area contributed by atoms with E-state index in [9.17, 15) is 8.78 Å². The third kappa shape index (κ3) is 23.9. The molecule has 1 atom stereocenters. The molecular weight excluding hydrogens is 1290 g/mol. The van der Waals surface area contributed by atoms with Crippen LogP contribution in [-0.4, -0.2) is 173 Å². The highest BCUT2D eigenvalue weighted by Crippen LogP contribution is 2.37. The molecule has 0 amide bonds. The van der Waals surface area contributed by atoms with Crippen LogP contribution in [-0.2, 0) is 0 Å². The van der Waals surface area contributed by atoms with Crippen molar-refractivity contribution in [3.63, 3.8) is 0 Å². The predicted octanol–water partition coefficient (Wildman–Crippen LogP) is 20.8. The Balaban J connectivity index is 0.000000131. The summed E-state index contributed by atoms with van der Waals surface area (Å²) in [6.45, 7) is 42.2. The van der Waals surface area contributed by atoms with E-state index >= 15 is 0 Å². The van der Waals surface area contributed by atoms with Gasteiger partial charge in [0.05, 0.1) is 11.4 Å². The molecule has 578 valence electrons. The zero-order chi connectivity index (χ0) is 73.4. The van der Waals surface area contributed by atoms with E-state index in [2.05, 4.69) is 173 Å². The van der Waals surface area contributed by atoms with Crippen molar-refractivity contribution in [1.82, 2.24) is 24.5 Å². The Morgan fingerprint density at radius 2 is 0.705 bits per heavy atom. The summed E-state index contributed by atoms with van der Waals surface area (Å²) >= 11 is 0. The summed E-state index contributed by atoms with van der Waals surface area (Å²) in [5.74, 6) is 4.39. The molecule has 5 saturated heterocycles. The number of rotatable bonds is 13. The van der Waals surface area contributed by atoms with Crippen molar-refractivity contribution in [3.05, 3.63) is 166 Å². The number of piperidine rings is 1. The van der Waals surface area contributed by atoms with Crippen molar-refractivity contribution < 1.29 is 8.78 Å². The maximum absolute atomic E-state index is 13.9. The molecule has 5 aliphatic heterocycles. The second-order valence-electron chi connectivity index (χ2n) is 34.4. The molecule has 0 radical (unpaired) electrons. The standard InChI is InChI=1S/C20H32N2.C20H29N.C19H30N2.C18H27FN2.C17H25FN2/c1-4-18-7-9-19(10-8-18)21-11-13-22(14-12-21)20-15-16(2)5-6-17(20)3;1-16-8-9-17(2)20(14-16)19-10-12-21(13-11-19)15-18-6-4-3-5-7-18;1-16-9-10-17(2)19(15-16)21-13-11-20(12-14-21)18-7-5-3-4-6-8-18;1-2-15-7-9-16(10-8-15)20-11-13-21(14-12-20)18-6-4-3-5-17(18)19;1-14-6-8-15(9-7-14)19-10-12-20(13-11-19)17-5-3-2-4-16(17)18/h5-6,15,18-19H,4,7-14H2,1-3H3;3-4,8-9,14,18-19H,5-7,10-13,15H2,1-2H3;9-10,15,18H,3-8,11-14H2,1-2H3;3-6,15-16H,2,7-14H2,1H3;2-5,14-15H,6-13H2,1H3. The zero-order valence-corrected chi connectivity index (χ0v) is 67.6. The smallest absolute Gasteiger partial charge is 0.146 e. The molecule has 5 aliphatic carbocycles. The summed E-state index contributed by atoms with van der Waals surface area (Å²) in [5, 5.41) is 0. The number of hydrogen-bond acceptors (Lipinski definition) is 9. The number of anilines is 4. The number of hydrogen-bond donors (Lipinski definition) is 0. The molecule has 15 rings (SSSR count). The number of nitrogens with zero attached hydrogens (tertiary/aromatic N) is 9. The first kappa shape index (κ1) is 80.7.